The molecule has 0 saturated heterocycles. The third kappa shape index (κ3) is 4.44. The van der Waals surface area contributed by atoms with E-state index in [0.717, 1.165) is 25.1 Å². The maximum absolute atomic E-state index is 11.4. The number of hydrogen-bond acceptors (Lipinski definition) is 3. The van der Waals surface area contributed by atoms with Gasteiger partial charge in [-0.1, -0.05) is 0 Å². The van der Waals surface area contributed by atoms with Crippen molar-refractivity contribution in [3.05, 3.63) is 18.2 Å². The third-order valence-electron chi connectivity index (χ3n) is 2.45. The van der Waals surface area contributed by atoms with Crippen molar-refractivity contribution in [2.45, 2.75) is 25.7 Å². The minimum atomic E-state index is 0.0997. The maximum Gasteiger partial charge on any atom is 0.220 e. The summed E-state index contributed by atoms with van der Waals surface area (Å²) in [5.41, 5.74) is 5.35. The number of hydrogen-bond donors (Lipinski definition) is 2. The van der Waals surface area contributed by atoms with Gasteiger partial charge in [-0.05, 0) is 19.4 Å². The van der Waals surface area contributed by atoms with E-state index in [1.54, 1.807) is 6.20 Å². The van der Waals surface area contributed by atoms with Crippen LogP contribution in [-0.4, -0.2) is 28.5 Å². The second-order valence-electron chi connectivity index (χ2n) is 3.80. The van der Waals surface area contributed by atoms with E-state index in [-0.39, 0.29) is 5.91 Å². The van der Waals surface area contributed by atoms with Crippen LogP contribution in [0.25, 0.3) is 0 Å². The fourth-order valence-electron chi connectivity index (χ4n) is 1.47. The molecule has 5 nitrogen and oxygen atoms in total. The monoisotopic (exact) mass is 224 g/mol. The van der Waals surface area contributed by atoms with Crippen LogP contribution in [0.1, 0.15) is 25.1 Å². The lowest BCUT2D eigenvalue weighted by molar-refractivity contribution is -0.121. The lowest BCUT2D eigenvalue weighted by Gasteiger charge is -2.05. The summed E-state index contributed by atoms with van der Waals surface area (Å²) in [6, 6.07) is 0. The number of nitrogens with zero attached hydrogens (tertiary/aromatic N) is 2. The summed E-state index contributed by atoms with van der Waals surface area (Å²) in [5, 5.41) is 2.87. The van der Waals surface area contributed by atoms with Gasteiger partial charge in [0, 0.05) is 38.8 Å². The second kappa shape index (κ2) is 7.00. The van der Waals surface area contributed by atoms with Gasteiger partial charge in [-0.3, -0.25) is 4.79 Å². The highest BCUT2D eigenvalue weighted by Gasteiger charge is 2.02. The van der Waals surface area contributed by atoms with Gasteiger partial charge >= 0.3 is 0 Å². The lowest BCUT2D eigenvalue weighted by atomic mass is 10.2. The molecule has 0 aliphatic carbocycles. The highest BCUT2D eigenvalue weighted by Crippen LogP contribution is 1.95. The first-order chi connectivity index (χ1) is 7.74. The molecule has 1 heterocycles. The van der Waals surface area contributed by atoms with Gasteiger partial charge in [0.2, 0.25) is 5.91 Å². The van der Waals surface area contributed by atoms with Crippen LogP contribution < -0.4 is 11.1 Å². The van der Waals surface area contributed by atoms with Crippen molar-refractivity contribution in [3.63, 3.8) is 0 Å². The molecule has 0 bridgehead atoms. The number of rotatable bonds is 7. The molecule has 0 aromatic carbocycles. The van der Waals surface area contributed by atoms with Gasteiger partial charge in [0.25, 0.3) is 0 Å². The fourth-order valence-corrected chi connectivity index (χ4v) is 1.47. The molecule has 3 N–H and O–H groups in total. The molecule has 0 unspecified atom stereocenters. The molecule has 1 rings (SSSR count). The number of aromatic nitrogens is 2. The Morgan fingerprint density at radius 3 is 3.00 bits per heavy atom. The summed E-state index contributed by atoms with van der Waals surface area (Å²) in [6.07, 6.45) is 6.78. The Balaban J connectivity index is 2.11. The predicted molar refractivity (Wildman–Crippen MR) is 62.8 cm³/mol. The van der Waals surface area contributed by atoms with Crippen molar-refractivity contribution in [2.75, 3.05) is 13.1 Å². The summed E-state index contributed by atoms with van der Waals surface area (Å²) in [4.78, 5) is 15.5. The van der Waals surface area contributed by atoms with Crippen LogP contribution in [0.2, 0.25) is 0 Å². The number of unbranched alkanes of at least 4 members (excludes halogenated alkanes) is 1. The molecule has 0 saturated carbocycles. The Bertz CT molecular complexity index is 322. The number of imidazole rings is 1. The number of aryl methyl sites for hydroxylation is 1. The molecule has 5 heteroatoms. The third-order valence-corrected chi connectivity index (χ3v) is 2.45. The van der Waals surface area contributed by atoms with Gasteiger partial charge < -0.3 is 15.6 Å². The Morgan fingerprint density at radius 2 is 2.38 bits per heavy atom. The number of nitrogens with one attached hydrogen (secondary N) is 1. The molecule has 90 valence electrons. The van der Waals surface area contributed by atoms with Gasteiger partial charge in [0.15, 0.2) is 0 Å². The van der Waals surface area contributed by atoms with Gasteiger partial charge in [0.1, 0.15) is 5.82 Å². The Kier molecular flexibility index (Phi) is 5.56. The number of nitrogens with two attached hydrogens (primary N) is 1. The quantitative estimate of drug-likeness (QED) is 0.650. The van der Waals surface area contributed by atoms with E-state index in [1.165, 1.54) is 0 Å². The molecule has 0 aliphatic rings. The summed E-state index contributed by atoms with van der Waals surface area (Å²) in [6.45, 7) is 1.30. The average molecular weight is 224 g/mol. The lowest BCUT2D eigenvalue weighted by Crippen LogP contribution is -2.26. The van der Waals surface area contributed by atoms with E-state index < -0.39 is 0 Å². The highest BCUT2D eigenvalue weighted by molar-refractivity contribution is 5.75. The predicted octanol–water partition coefficient (Wildman–Crippen LogP) is 0.208. The molecular weight excluding hydrogens is 204 g/mol. The summed E-state index contributed by atoms with van der Waals surface area (Å²) >= 11 is 0. The van der Waals surface area contributed by atoms with E-state index in [4.69, 9.17) is 5.73 Å². The SMILES string of the molecule is Cn1ccnc1CCNC(=O)CCCCN. The van der Waals surface area contributed by atoms with E-state index in [9.17, 15) is 4.79 Å². The molecule has 0 spiro atoms. The standard InChI is InChI=1S/C11H20N4O/c1-15-9-8-13-10(15)5-7-14-11(16)4-2-3-6-12/h8-9H,2-7,12H2,1H3,(H,14,16). The van der Waals surface area contributed by atoms with E-state index in [1.807, 2.05) is 17.8 Å². The second-order valence-corrected chi connectivity index (χ2v) is 3.80. The van der Waals surface area contributed by atoms with Crippen LogP contribution in [0.4, 0.5) is 0 Å². The normalized spacial score (nSPS) is 10.4. The maximum atomic E-state index is 11.4. The van der Waals surface area contributed by atoms with Crippen molar-refractivity contribution < 1.29 is 4.79 Å². The first kappa shape index (κ1) is 12.7. The summed E-state index contributed by atoms with van der Waals surface area (Å²) in [5.74, 6) is 1.09. The Morgan fingerprint density at radius 1 is 1.56 bits per heavy atom. The molecule has 16 heavy (non-hydrogen) atoms. The molecule has 0 radical (unpaired) electrons. The molecule has 1 aromatic rings. The van der Waals surface area contributed by atoms with E-state index >= 15 is 0 Å². The van der Waals surface area contributed by atoms with Crippen LogP contribution in [0.15, 0.2) is 12.4 Å². The van der Waals surface area contributed by atoms with Crippen LogP contribution in [0, 0.1) is 0 Å². The Labute approximate surface area is 96.0 Å². The Hall–Kier alpha value is -1.36. The topological polar surface area (TPSA) is 72.9 Å². The fraction of sp³-hybridized carbons (Fsp3) is 0.636. The van der Waals surface area contributed by atoms with E-state index in [2.05, 4.69) is 10.3 Å². The van der Waals surface area contributed by atoms with Crippen LogP contribution >= 0.6 is 0 Å². The number of amides is 1. The van der Waals surface area contributed by atoms with Gasteiger partial charge in [-0.25, -0.2) is 4.98 Å². The number of carbonyl (C=O) groups is 1. The van der Waals surface area contributed by atoms with Gasteiger partial charge in [-0.2, -0.15) is 0 Å². The molecule has 0 atom stereocenters. The first-order valence-electron chi connectivity index (χ1n) is 5.67. The molecule has 0 aliphatic heterocycles. The zero-order chi connectivity index (χ0) is 11.8. The average Bonchev–Trinajstić information content (AvgIpc) is 2.65. The molecule has 1 amide bonds. The van der Waals surface area contributed by atoms with Crippen LogP contribution in [0.5, 0.6) is 0 Å². The smallest absolute Gasteiger partial charge is 0.220 e. The molecule has 0 fully saturated rings. The summed E-state index contributed by atoms with van der Waals surface area (Å²) in [7, 11) is 1.95. The first-order valence-corrected chi connectivity index (χ1v) is 5.67. The van der Waals surface area contributed by atoms with Crippen LogP contribution in [0.3, 0.4) is 0 Å². The highest BCUT2D eigenvalue weighted by atomic mass is 16.1. The molecular formula is C11H20N4O. The minimum Gasteiger partial charge on any atom is -0.356 e. The number of carbonyl (C=O) groups excluding carboxylic acids is 1. The minimum absolute atomic E-state index is 0.0997. The molecule has 1 aromatic heterocycles. The largest absolute Gasteiger partial charge is 0.356 e. The van der Waals surface area contributed by atoms with Crippen molar-refractivity contribution in [1.82, 2.24) is 14.9 Å². The zero-order valence-corrected chi connectivity index (χ0v) is 9.78. The van der Waals surface area contributed by atoms with Crippen molar-refractivity contribution in [2.24, 2.45) is 12.8 Å². The van der Waals surface area contributed by atoms with Crippen molar-refractivity contribution in [1.29, 1.82) is 0 Å². The van der Waals surface area contributed by atoms with Crippen molar-refractivity contribution in [3.8, 4) is 0 Å². The van der Waals surface area contributed by atoms with Crippen LogP contribution in [-0.2, 0) is 18.3 Å². The van der Waals surface area contributed by atoms with Crippen molar-refractivity contribution >= 4 is 5.91 Å². The zero-order valence-electron chi connectivity index (χ0n) is 9.78. The van der Waals surface area contributed by atoms with E-state index in [0.29, 0.717) is 19.5 Å². The van der Waals surface area contributed by atoms with Gasteiger partial charge in [-0.15, -0.1) is 0 Å². The summed E-state index contributed by atoms with van der Waals surface area (Å²) < 4.78 is 1.96. The van der Waals surface area contributed by atoms with Gasteiger partial charge in [0.05, 0.1) is 0 Å².